The van der Waals surface area contributed by atoms with Crippen LogP contribution < -0.4 is 10.2 Å². The van der Waals surface area contributed by atoms with Crippen LogP contribution in [0.1, 0.15) is 31.4 Å². The summed E-state index contributed by atoms with van der Waals surface area (Å²) in [6.45, 7) is 4.72. The van der Waals surface area contributed by atoms with Crippen molar-refractivity contribution in [2.24, 2.45) is 0 Å². The summed E-state index contributed by atoms with van der Waals surface area (Å²) in [6, 6.07) is 3.77. The highest BCUT2D eigenvalue weighted by Crippen LogP contribution is 2.34. The molecule has 0 radical (unpaired) electrons. The van der Waals surface area contributed by atoms with Gasteiger partial charge in [-0.15, -0.1) is 0 Å². The summed E-state index contributed by atoms with van der Waals surface area (Å²) in [6.07, 6.45) is 2.51. The molecule has 0 unspecified atom stereocenters. The molecular weight excluding hydrogens is 354 g/mol. The van der Waals surface area contributed by atoms with Crippen molar-refractivity contribution in [3.63, 3.8) is 0 Å². The molecule has 1 saturated heterocycles. The van der Waals surface area contributed by atoms with Crippen molar-refractivity contribution in [1.82, 2.24) is 19.7 Å². The lowest BCUT2D eigenvalue weighted by atomic mass is 9.92. The summed E-state index contributed by atoms with van der Waals surface area (Å²) < 4.78 is 33.9. The maximum Gasteiger partial charge on any atom is 0.254 e. The molecule has 2 aromatic heterocycles. The topological polar surface area (TPSA) is 68.1 Å². The third-order valence-corrected chi connectivity index (χ3v) is 5.03. The van der Waals surface area contributed by atoms with Crippen LogP contribution in [-0.4, -0.2) is 58.0 Å². The average Bonchev–Trinajstić information content (AvgIpc) is 3.10. The number of hydrogen-bond donors (Lipinski definition) is 1. The van der Waals surface area contributed by atoms with Crippen LogP contribution in [0.25, 0.3) is 5.95 Å². The zero-order valence-electron chi connectivity index (χ0n) is 15.4. The second-order valence-corrected chi connectivity index (χ2v) is 7.19. The monoisotopic (exact) mass is 378 g/mol. The van der Waals surface area contributed by atoms with E-state index in [0.29, 0.717) is 37.8 Å². The Balaban J connectivity index is 1.59. The van der Waals surface area contributed by atoms with E-state index in [0.717, 1.165) is 24.6 Å². The fraction of sp³-hybridized carbons (Fsp3) is 0.611. The van der Waals surface area contributed by atoms with Crippen molar-refractivity contribution >= 4 is 11.6 Å². The number of nitrogens with one attached hydrogen (secondary N) is 1. The number of hydrogen-bond acceptors (Lipinski definition) is 6. The molecule has 7 nitrogen and oxygen atoms in total. The van der Waals surface area contributed by atoms with E-state index in [-0.39, 0.29) is 18.9 Å². The number of rotatable bonds is 4. The molecule has 0 spiro atoms. The number of anilines is 2. The number of nitrogens with zero attached hydrogens (tertiary/aromatic N) is 5. The molecule has 0 atom stereocenters. The number of halogens is 2. The maximum atomic E-state index is 13.4. The van der Waals surface area contributed by atoms with Crippen LogP contribution in [0.4, 0.5) is 20.4 Å². The number of alkyl halides is 2. The number of morpholine rings is 1. The summed E-state index contributed by atoms with van der Waals surface area (Å²) in [7, 11) is 0. The Kier molecular flexibility index (Phi) is 4.94. The molecule has 9 heteroatoms. The van der Waals surface area contributed by atoms with Gasteiger partial charge in [-0.05, 0) is 25.8 Å². The zero-order chi connectivity index (χ0) is 18.9. The third kappa shape index (κ3) is 4.35. The van der Waals surface area contributed by atoms with Crippen molar-refractivity contribution in [2.45, 2.75) is 44.6 Å². The highest BCUT2D eigenvalue weighted by Gasteiger charge is 2.35. The zero-order valence-corrected chi connectivity index (χ0v) is 15.4. The normalized spacial score (nSPS) is 20.6. The molecular formula is C18H24F2N6O. The quantitative estimate of drug-likeness (QED) is 0.882. The van der Waals surface area contributed by atoms with Gasteiger partial charge in [0, 0.05) is 44.2 Å². The van der Waals surface area contributed by atoms with E-state index in [1.807, 2.05) is 25.3 Å². The van der Waals surface area contributed by atoms with E-state index < -0.39 is 5.92 Å². The lowest BCUT2D eigenvalue weighted by Crippen LogP contribution is -2.37. The van der Waals surface area contributed by atoms with Gasteiger partial charge in [-0.2, -0.15) is 15.1 Å². The molecule has 146 valence electrons. The molecule has 2 aliphatic rings. The van der Waals surface area contributed by atoms with Crippen LogP contribution in [0.2, 0.25) is 0 Å². The van der Waals surface area contributed by atoms with E-state index in [1.165, 1.54) is 0 Å². The minimum absolute atomic E-state index is 0.00993. The molecule has 1 N–H and O–H groups in total. The Hall–Kier alpha value is -2.29. The van der Waals surface area contributed by atoms with Gasteiger partial charge in [-0.1, -0.05) is 0 Å². The first-order chi connectivity index (χ1) is 13.0. The second-order valence-electron chi connectivity index (χ2n) is 7.19. The summed E-state index contributed by atoms with van der Waals surface area (Å²) in [5.41, 5.74) is 0.874. The molecule has 3 heterocycles. The fourth-order valence-corrected chi connectivity index (χ4v) is 3.47. The van der Waals surface area contributed by atoms with Crippen LogP contribution in [0.5, 0.6) is 0 Å². The first-order valence-electron chi connectivity index (χ1n) is 9.37. The lowest BCUT2D eigenvalue weighted by Gasteiger charge is -2.30. The molecule has 1 aliphatic heterocycles. The standard InChI is InChI=1S/C18H24F2N6O/c1-13-4-7-26(24-13)17-22-15(21-14-2-5-18(19,20)6-3-14)12-16(23-17)25-8-10-27-11-9-25/h4,7,12,14H,2-3,5-6,8-11H2,1H3,(H,21,22,23). The van der Waals surface area contributed by atoms with Gasteiger partial charge in [-0.3, -0.25) is 0 Å². The summed E-state index contributed by atoms with van der Waals surface area (Å²) in [4.78, 5) is 11.4. The first kappa shape index (κ1) is 18.1. The predicted octanol–water partition coefficient (Wildman–Crippen LogP) is 2.80. The van der Waals surface area contributed by atoms with Crippen LogP contribution in [0.3, 0.4) is 0 Å². The van der Waals surface area contributed by atoms with Gasteiger partial charge in [0.2, 0.25) is 5.92 Å². The van der Waals surface area contributed by atoms with Crippen molar-refractivity contribution in [1.29, 1.82) is 0 Å². The van der Waals surface area contributed by atoms with Gasteiger partial charge in [0.15, 0.2) is 0 Å². The molecule has 2 fully saturated rings. The Morgan fingerprint density at radius 2 is 1.93 bits per heavy atom. The predicted molar refractivity (Wildman–Crippen MR) is 97.7 cm³/mol. The van der Waals surface area contributed by atoms with E-state index in [1.54, 1.807) is 4.68 Å². The average molecular weight is 378 g/mol. The minimum Gasteiger partial charge on any atom is -0.378 e. The lowest BCUT2D eigenvalue weighted by molar-refractivity contribution is -0.0361. The van der Waals surface area contributed by atoms with Crippen LogP contribution in [0.15, 0.2) is 18.3 Å². The van der Waals surface area contributed by atoms with Crippen molar-refractivity contribution < 1.29 is 13.5 Å². The Morgan fingerprint density at radius 1 is 1.19 bits per heavy atom. The van der Waals surface area contributed by atoms with Gasteiger partial charge < -0.3 is 15.0 Å². The van der Waals surface area contributed by atoms with Gasteiger partial charge in [0.25, 0.3) is 5.95 Å². The van der Waals surface area contributed by atoms with Crippen molar-refractivity contribution in [3.8, 4) is 5.95 Å². The SMILES string of the molecule is Cc1ccn(-c2nc(NC3CCC(F)(F)CC3)cc(N3CCOCC3)n2)n1. The number of aromatic nitrogens is 4. The minimum atomic E-state index is -2.54. The van der Waals surface area contributed by atoms with E-state index in [9.17, 15) is 8.78 Å². The Bertz CT molecular complexity index is 780. The van der Waals surface area contributed by atoms with Crippen molar-refractivity contribution in [2.75, 3.05) is 36.5 Å². The molecule has 4 rings (SSSR count). The second kappa shape index (κ2) is 7.38. The van der Waals surface area contributed by atoms with Gasteiger partial charge in [-0.25, -0.2) is 13.5 Å². The molecule has 27 heavy (non-hydrogen) atoms. The molecule has 1 saturated carbocycles. The molecule has 1 aliphatic carbocycles. The van der Waals surface area contributed by atoms with E-state index in [4.69, 9.17) is 4.74 Å². The van der Waals surface area contributed by atoms with Crippen LogP contribution >= 0.6 is 0 Å². The summed E-state index contributed by atoms with van der Waals surface area (Å²) >= 11 is 0. The Morgan fingerprint density at radius 3 is 2.59 bits per heavy atom. The van der Waals surface area contributed by atoms with Gasteiger partial charge in [0.05, 0.1) is 18.9 Å². The molecule has 0 aromatic carbocycles. The highest BCUT2D eigenvalue weighted by atomic mass is 19.3. The largest absolute Gasteiger partial charge is 0.378 e. The third-order valence-electron chi connectivity index (χ3n) is 5.03. The molecule has 2 aromatic rings. The first-order valence-corrected chi connectivity index (χ1v) is 9.37. The fourth-order valence-electron chi connectivity index (χ4n) is 3.47. The number of ether oxygens (including phenoxy) is 1. The summed E-state index contributed by atoms with van der Waals surface area (Å²) in [5.74, 6) is -0.638. The number of aryl methyl sites for hydroxylation is 1. The van der Waals surface area contributed by atoms with Crippen LogP contribution in [-0.2, 0) is 4.74 Å². The van der Waals surface area contributed by atoms with E-state index >= 15 is 0 Å². The van der Waals surface area contributed by atoms with Crippen LogP contribution in [0, 0.1) is 6.92 Å². The maximum absolute atomic E-state index is 13.4. The molecule has 0 bridgehead atoms. The van der Waals surface area contributed by atoms with Gasteiger partial charge in [0.1, 0.15) is 11.6 Å². The van der Waals surface area contributed by atoms with E-state index in [2.05, 4.69) is 25.3 Å². The van der Waals surface area contributed by atoms with Gasteiger partial charge >= 0.3 is 0 Å². The Labute approximate surface area is 156 Å². The smallest absolute Gasteiger partial charge is 0.254 e. The summed E-state index contributed by atoms with van der Waals surface area (Å²) in [5, 5.41) is 7.73. The van der Waals surface area contributed by atoms with Crippen molar-refractivity contribution in [3.05, 3.63) is 24.0 Å². The highest BCUT2D eigenvalue weighted by molar-refractivity contribution is 5.52. The molecule has 0 amide bonds.